The maximum atomic E-state index is 11.5. The van der Waals surface area contributed by atoms with Crippen LogP contribution in [0.5, 0.6) is 11.5 Å². The van der Waals surface area contributed by atoms with Gasteiger partial charge in [-0.15, -0.1) is 0 Å². The first-order valence-corrected chi connectivity index (χ1v) is 5.75. The van der Waals surface area contributed by atoms with Gasteiger partial charge in [-0.3, -0.25) is 0 Å². The average molecular weight is 252 g/mol. The molecule has 5 heteroatoms. The Hall–Kier alpha value is -1.75. The van der Waals surface area contributed by atoms with E-state index in [1.807, 2.05) is 12.1 Å². The Morgan fingerprint density at radius 2 is 2.00 bits per heavy atom. The maximum Gasteiger partial charge on any atom is 0.338 e. The van der Waals surface area contributed by atoms with Crippen molar-refractivity contribution in [1.82, 2.24) is 0 Å². The normalized spacial score (nSPS) is 21.3. The molecule has 98 valence electrons. The molecular weight excluding hydrogens is 236 g/mol. The number of methoxy groups -OCH3 is 2. The van der Waals surface area contributed by atoms with Gasteiger partial charge in [0.05, 0.1) is 20.8 Å². The average Bonchev–Trinajstić information content (AvgIpc) is 3.18. The van der Waals surface area contributed by atoms with Gasteiger partial charge in [-0.25, -0.2) is 4.79 Å². The number of rotatable bonds is 5. The van der Waals surface area contributed by atoms with Crippen molar-refractivity contribution < 1.29 is 23.7 Å². The monoisotopic (exact) mass is 252 g/mol. The summed E-state index contributed by atoms with van der Waals surface area (Å²) in [6.07, 6.45) is -0.744. The van der Waals surface area contributed by atoms with E-state index in [2.05, 4.69) is 0 Å². The van der Waals surface area contributed by atoms with Gasteiger partial charge in [0.1, 0.15) is 6.10 Å². The second-order valence-corrected chi connectivity index (χ2v) is 3.84. The molecule has 0 spiro atoms. The summed E-state index contributed by atoms with van der Waals surface area (Å²) in [6, 6.07) is 5.45. The number of epoxide rings is 1. The molecule has 0 aromatic heterocycles. The van der Waals surface area contributed by atoms with Crippen LogP contribution in [0.3, 0.4) is 0 Å². The Labute approximate surface area is 106 Å². The van der Waals surface area contributed by atoms with Crippen molar-refractivity contribution in [3.8, 4) is 11.5 Å². The van der Waals surface area contributed by atoms with Gasteiger partial charge >= 0.3 is 5.97 Å². The van der Waals surface area contributed by atoms with Gasteiger partial charge in [0.15, 0.2) is 17.6 Å². The lowest BCUT2D eigenvalue weighted by Gasteiger charge is -2.08. The Morgan fingerprint density at radius 3 is 2.61 bits per heavy atom. The number of esters is 1. The van der Waals surface area contributed by atoms with E-state index in [-0.39, 0.29) is 12.1 Å². The summed E-state index contributed by atoms with van der Waals surface area (Å²) in [4.78, 5) is 11.5. The molecule has 0 bridgehead atoms. The van der Waals surface area contributed by atoms with Crippen LogP contribution in [0, 0.1) is 0 Å². The lowest BCUT2D eigenvalue weighted by atomic mass is 10.1. The van der Waals surface area contributed by atoms with Crippen LogP contribution in [0.4, 0.5) is 0 Å². The quantitative estimate of drug-likeness (QED) is 0.589. The predicted octanol–water partition coefficient (Wildman–Crippen LogP) is 1.71. The Bertz CT molecular complexity index is 443. The molecule has 1 fully saturated rings. The molecule has 1 aromatic rings. The number of hydrogen-bond acceptors (Lipinski definition) is 5. The van der Waals surface area contributed by atoms with E-state index in [1.165, 1.54) is 0 Å². The fourth-order valence-electron chi connectivity index (χ4n) is 1.80. The summed E-state index contributed by atoms with van der Waals surface area (Å²) in [6.45, 7) is 2.13. The number of hydrogen-bond donors (Lipinski definition) is 0. The zero-order valence-corrected chi connectivity index (χ0v) is 10.6. The van der Waals surface area contributed by atoms with E-state index >= 15 is 0 Å². The summed E-state index contributed by atoms with van der Waals surface area (Å²) in [5.74, 6) is 0.944. The highest BCUT2D eigenvalue weighted by Crippen LogP contribution is 2.42. The Morgan fingerprint density at radius 1 is 1.28 bits per heavy atom. The summed E-state index contributed by atoms with van der Waals surface area (Å²) in [7, 11) is 3.14. The highest BCUT2D eigenvalue weighted by molar-refractivity contribution is 5.78. The standard InChI is InChI=1S/C13H16O5/c1-4-17-13(14)12-11(18-12)8-5-6-9(15-2)10(7-8)16-3/h5-7,11-12H,4H2,1-3H3/t11-,12+/m0/s1. The molecule has 1 aliphatic heterocycles. The number of benzene rings is 1. The largest absolute Gasteiger partial charge is 0.493 e. The molecule has 0 amide bonds. The molecule has 2 rings (SSSR count). The van der Waals surface area contributed by atoms with E-state index in [0.29, 0.717) is 18.1 Å². The fraction of sp³-hybridized carbons (Fsp3) is 0.462. The van der Waals surface area contributed by atoms with Crippen LogP contribution in [-0.2, 0) is 14.3 Å². The molecule has 5 nitrogen and oxygen atoms in total. The minimum Gasteiger partial charge on any atom is -0.493 e. The molecule has 0 radical (unpaired) electrons. The number of carbonyl (C=O) groups excluding carboxylic acids is 1. The zero-order chi connectivity index (χ0) is 13.1. The molecule has 2 atom stereocenters. The molecule has 0 aliphatic carbocycles. The van der Waals surface area contributed by atoms with E-state index in [9.17, 15) is 4.79 Å². The first-order chi connectivity index (χ1) is 8.71. The molecule has 0 unspecified atom stereocenters. The van der Waals surface area contributed by atoms with Crippen LogP contribution in [-0.4, -0.2) is 32.9 Å². The predicted molar refractivity (Wildman–Crippen MR) is 63.8 cm³/mol. The lowest BCUT2D eigenvalue weighted by Crippen LogP contribution is -2.11. The molecule has 18 heavy (non-hydrogen) atoms. The van der Waals surface area contributed by atoms with Crippen molar-refractivity contribution in [3.63, 3.8) is 0 Å². The van der Waals surface area contributed by atoms with Crippen molar-refractivity contribution in [2.24, 2.45) is 0 Å². The Kier molecular flexibility index (Phi) is 3.72. The lowest BCUT2D eigenvalue weighted by molar-refractivity contribution is -0.144. The summed E-state index contributed by atoms with van der Waals surface area (Å²) in [5, 5.41) is 0. The van der Waals surface area contributed by atoms with Crippen LogP contribution in [0.2, 0.25) is 0 Å². The minimum atomic E-state index is -0.497. The second-order valence-electron chi connectivity index (χ2n) is 3.84. The van der Waals surface area contributed by atoms with Crippen molar-refractivity contribution in [2.45, 2.75) is 19.1 Å². The smallest absolute Gasteiger partial charge is 0.338 e. The SMILES string of the molecule is CCOC(=O)[C@@H]1O[C@H]1c1ccc(OC)c(OC)c1. The van der Waals surface area contributed by atoms with Crippen LogP contribution in [0.15, 0.2) is 18.2 Å². The van der Waals surface area contributed by atoms with Crippen LogP contribution in [0.1, 0.15) is 18.6 Å². The van der Waals surface area contributed by atoms with Crippen LogP contribution >= 0.6 is 0 Å². The van der Waals surface area contributed by atoms with Crippen molar-refractivity contribution in [1.29, 1.82) is 0 Å². The molecule has 1 aromatic carbocycles. The fourth-order valence-corrected chi connectivity index (χ4v) is 1.80. The topological polar surface area (TPSA) is 57.3 Å². The van der Waals surface area contributed by atoms with Gasteiger partial charge in [0, 0.05) is 0 Å². The molecule has 1 saturated heterocycles. The highest BCUT2D eigenvalue weighted by atomic mass is 16.6. The summed E-state index contributed by atoms with van der Waals surface area (Å²) in [5.41, 5.74) is 0.880. The van der Waals surface area contributed by atoms with Crippen molar-refractivity contribution >= 4 is 5.97 Å². The van der Waals surface area contributed by atoms with Crippen molar-refractivity contribution in [3.05, 3.63) is 23.8 Å². The van der Waals surface area contributed by atoms with Crippen LogP contribution < -0.4 is 9.47 Å². The number of ether oxygens (including phenoxy) is 4. The molecule has 1 heterocycles. The minimum absolute atomic E-state index is 0.246. The second kappa shape index (κ2) is 5.27. The van der Waals surface area contributed by atoms with E-state index < -0.39 is 6.10 Å². The molecular formula is C13H16O5. The van der Waals surface area contributed by atoms with E-state index in [1.54, 1.807) is 27.2 Å². The first kappa shape index (κ1) is 12.7. The number of carbonyl (C=O) groups is 1. The Balaban J connectivity index is 2.10. The van der Waals surface area contributed by atoms with Gasteiger partial charge < -0.3 is 18.9 Å². The highest BCUT2D eigenvalue weighted by Gasteiger charge is 2.47. The molecule has 0 saturated carbocycles. The summed E-state index contributed by atoms with van der Waals surface area (Å²) < 4.78 is 20.6. The first-order valence-electron chi connectivity index (χ1n) is 5.75. The van der Waals surface area contributed by atoms with Crippen LogP contribution in [0.25, 0.3) is 0 Å². The third kappa shape index (κ3) is 2.41. The van der Waals surface area contributed by atoms with Gasteiger partial charge in [-0.05, 0) is 24.6 Å². The third-order valence-corrected chi connectivity index (χ3v) is 2.75. The molecule has 0 N–H and O–H groups in total. The third-order valence-electron chi connectivity index (χ3n) is 2.75. The maximum absolute atomic E-state index is 11.5. The van der Waals surface area contributed by atoms with Gasteiger partial charge in [0.2, 0.25) is 0 Å². The van der Waals surface area contributed by atoms with Crippen molar-refractivity contribution in [2.75, 3.05) is 20.8 Å². The van der Waals surface area contributed by atoms with Gasteiger partial charge in [-0.2, -0.15) is 0 Å². The van der Waals surface area contributed by atoms with E-state index in [4.69, 9.17) is 18.9 Å². The molecule has 1 aliphatic rings. The van der Waals surface area contributed by atoms with Gasteiger partial charge in [0.25, 0.3) is 0 Å². The van der Waals surface area contributed by atoms with E-state index in [0.717, 1.165) is 5.56 Å². The summed E-state index contributed by atoms with van der Waals surface area (Å²) >= 11 is 0. The van der Waals surface area contributed by atoms with Gasteiger partial charge in [-0.1, -0.05) is 6.07 Å². The zero-order valence-electron chi connectivity index (χ0n) is 10.6.